The van der Waals surface area contributed by atoms with Crippen LogP contribution in [0.2, 0.25) is 10.0 Å². The van der Waals surface area contributed by atoms with Crippen LogP contribution in [0.15, 0.2) is 18.3 Å². The average Bonchev–Trinajstić information content (AvgIpc) is 2.70. The number of nitrogens with zero attached hydrogens (tertiary/aromatic N) is 3. The molecule has 1 N–H and O–H groups in total. The van der Waals surface area contributed by atoms with E-state index in [1.807, 2.05) is 20.8 Å². The third-order valence-electron chi connectivity index (χ3n) is 2.60. The quantitative estimate of drug-likeness (QED) is 0.944. The molecule has 0 bridgehead atoms. The maximum atomic E-state index is 11.8. The number of hydrogen-bond donors (Lipinski definition) is 1. The summed E-state index contributed by atoms with van der Waals surface area (Å²) < 4.78 is 1.49. The van der Waals surface area contributed by atoms with Crippen LogP contribution in [0, 0.1) is 12.8 Å². The zero-order valence-corrected chi connectivity index (χ0v) is 12.8. The highest BCUT2D eigenvalue weighted by molar-refractivity contribution is 6.35. The Morgan fingerprint density at radius 1 is 1.35 bits per heavy atom. The summed E-state index contributed by atoms with van der Waals surface area (Å²) in [5.74, 6) is 0.713. The molecule has 2 heterocycles. The van der Waals surface area contributed by atoms with Crippen LogP contribution >= 0.6 is 23.2 Å². The molecule has 0 aliphatic heterocycles. The molecule has 0 unspecified atom stereocenters. The average molecular weight is 313 g/mol. The fourth-order valence-corrected chi connectivity index (χ4v) is 2.04. The molecule has 0 spiro atoms. The number of hydrogen-bond acceptors (Lipinski definition) is 3. The minimum absolute atomic E-state index is 0.101. The van der Waals surface area contributed by atoms with Crippen molar-refractivity contribution >= 4 is 34.9 Å². The summed E-state index contributed by atoms with van der Waals surface area (Å²) in [5, 5.41) is 7.90. The second-order valence-electron chi connectivity index (χ2n) is 4.69. The topological polar surface area (TPSA) is 59.8 Å². The second-order valence-corrected chi connectivity index (χ2v) is 5.53. The van der Waals surface area contributed by atoms with Gasteiger partial charge in [0.25, 0.3) is 0 Å². The van der Waals surface area contributed by atoms with E-state index in [-0.39, 0.29) is 11.8 Å². The van der Waals surface area contributed by atoms with Gasteiger partial charge in [0.2, 0.25) is 5.91 Å². The molecule has 0 fully saturated rings. The van der Waals surface area contributed by atoms with E-state index in [2.05, 4.69) is 15.4 Å². The number of rotatable bonds is 3. The molecule has 2 rings (SSSR count). The Morgan fingerprint density at radius 3 is 2.65 bits per heavy atom. The Bertz CT molecular complexity index is 652. The summed E-state index contributed by atoms with van der Waals surface area (Å²) in [4.78, 5) is 16.0. The number of aromatic nitrogens is 3. The first-order valence-corrected chi connectivity index (χ1v) is 6.83. The van der Waals surface area contributed by atoms with Gasteiger partial charge in [-0.2, -0.15) is 9.78 Å². The first-order valence-electron chi connectivity index (χ1n) is 6.07. The molecule has 0 saturated heterocycles. The highest BCUT2D eigenvalue weighted by Crippen LogP contribution is 2.25. The largest absolute Gasteiger partial charge is 0.310 e. The fourth-order valence-electron chi connectivity index (χ4n) is 1.58. The Kier molecular flexibility index (Phi) is 4.30. The van der Waals surface area contributed by atoms with E-state index in [0.717, 1.165) is 5.69 Å². The Balaban J connectivity index is 2.44. The van der Waals surface area contributed by atoms with Crippen molar-refractivity contribution in [2.45, 2.75) is 20.8 Å². The summed E-state index contributed by atoms with van der Waals surface area (Å²) in [5.41, 5.74) is 0.747. The lowest BCUT2D eigenvalue weighted by Gasteiger charge is -2.10. The first kappa shape index (κ1) is 14.8. The van der Waals surface area contributed by atoms with E-state index in [0.29, 0.717) is 21.7 Å². The molecule has 5 nitrogen and oxygen atoms in total. The highest BCUT2D eigenvalue weighted by Gasteiger charge is 2.16. The van der Waals surface area contributed by atoms with Crippen LogP contribution in [0.3, 0.4) is 0 Å². The van der Waals surface area contributed by atoms with Crippen LogP contribution in [-0.4, -0.2) is 20.7 Å². The predicted molar refractivity (Wildman–Crippen MR) is 79.6 cm³/mol. The molecule has 0 aliphatic carbocycles. The molecule has 0 aromatic carbocycles. The highest BCUT2D eigenvalue weighted by atomic mass is 35.5. The summed E-state index contributed by atoms with van der Waals surface area (Å²) in [6, 6.07) is 3.34. The molecule has 0 atom stereocenters. The Morgan fingerprint density at radius 2 is 2.05 bits per heavy atom. The number of pyridine rings is 1. The van der Waals surface area contributed by atoms with Crippen molar-refractivity contribution in [2.75, 3.05) is 5.32 Å². The van der Waals surface area contributed by atoms with E-state index in [1.54, 1.807) is 12.1 Å². The SMILES string of the molecule is Cc1cc(NC(=O)C(C)C)n(-c2ncc(Cl)cc2Cl)n1. The standard InChI is InChI=1S/C13H14Cl2N4O/c1-7(2)13(20)17-11-4-8(3)18-19(11)12-10(15)5-9(14)6-16-12/h4-7H,1-3H3,(H,17,20). The van der Waals surface area contributed by atoms with E-state index < -0.39 is 0 Å². The lowest BCUT2D eigenvalue weighted by atomic mass is 10.2. The van der Waals surface area contributed by atoms with E-state index in [9.17, 15) is 4.79 Å². The zero-order valence-electron chi connectivity index (χ0n) is 11.3. The molecule has 20 heavy (non-hydrogen) atoms. The van der Waals surface area contributed by atoms with Crippen LogP contribution in [-0.2, 0) is 4.79 Å². The molecular weight excluding hydrogens is 299 g/mol. The van der Waals surface area contributed by atoms with Gasteiger partial charge in [0.05, 0.1) is 15.7 Å². The molecule has 2 aromatic heterocycles. The van der Waals surface area contributed by atoms with Gasteiger partial charge < -0.3 is 5.32 Å². The van der Waals surface area contributed by atoms with Crippen LogP contribution in [0.25, 0.3) is 5.82 Å². The molecule has 7 heteroatoms. The van der Waals surface area contributed by atoms with Crippen LogP contribution in [0.1, 0.15) is 19.5 Å². The van der Waals surface area contributed by atoms with Gasteiger partial charge in [0.15, 0.2) is 5.82 Å². The van der Waals surface area contributed by atoms with E-state index >= 15 is 0 Å². The van der Waals surface area contributed by atoms with Gasteiger partial charge in [-0.3, -0.25) is 4.79 Å². The molecule has 0 radical (unpaired) electrons. The number of anilines is 1. The lowest BCUT2D eigenvalue weighted by molar-refractivity contribution is -0.118. The molecule has 106 valence electrons. The van der Waals surface area contributed by atoms with Crippen LogP contribution in [0.5, 0.6) is 0 Å². The number of nitrogens with one attached hydrogen (secondary N) is 1. The van der Waals surface area contributed by atoms with Crippen LogP contribution < -0.4 is 5.32 Å². The van der Waals surface area contributed by atoms with Gasteiger partial charge in [-0.15, -0.1) is 0 Å². The maximum Gasteiger partial charge on any atom is 0.228 e. The first-order chi connectivity index (χ1) is 9.38. The monoisotopic (exact) mass is 312 g/mol. The minimum Gasteiger partial charge on any atom is -0.310 e. The number of amides is 1. The number of carbonyl (C=O) groups is 1. The smallest absolute Gasteiger partial charge is 0.228 e. The van der Waals surface area contributed by atoms with Crippen molar-refractivity contribution in [1.29, 1.82) is 0 Å². The summed E-state index contributed by atoms with van der Waals surface area (Å²) in [6.45, 7) is 5.46. The minimum atomic E-state index is -0.132. The predicted octanol–water partition coefficient (Wildman–Crippen LogP) is 3.48. The maximum absolute atomic E-state index is 11.8. The Labute approximate surface area is 126 Å². The van der Waals surface area contributed by atoms with Gasteiger partial charge >= 0.3 is 0 Å². The number of aryl methyl sites for hydroxylation is 1. The summed E-state index contributed by atoms with van der Waals surface area (Å²) in [7, 11) is 0. The van der Waals surface area contributed by atoms with Crippen molar-refractivity contribution in [1.82, 2.24) is 14.8 Å². The normalized spacial score (nSPS) is 10.9. The number of halogens is 2. The van der Waals surface area contributed by atoms with Gasteiger partial charge in [-0.1, -0.05) is 37.0 Å². The van der Waals surface area contributed by atoms with Crippen molar-refractivity contribution < 1.29 is 4.79 Å². The van der Waals surface area contributed by atoms with Crippen molar-refractivity contribution in [3.63, 3.8) is 0 Å². The molecule has 0 aliphatic rings. The van der Waals surface area contributed by atoms with E-state index in [4.69, 9.17) is 23.2 Å². The third kappa shape index (κ3) is 3.11. The van der Waals surface area contributed by atoms with Crippen LogP contribution in [0.4, 0.5) is 5.82 Å². The van der Waals surface area contributed by atoms with Crippen molar-refractivity contribution in [2.24, 2.45) is 5.92 Å². The lowest BCUT2D eigenvalue weighted by Crippen LogP contribution is -2.20. The summed E-state index contributed by atoms with van der Waals surface area (Å²) >= 11 is 12.0. The van der Waals surface area contributed by atoms with Gasteiger partial charge in [-0.05, 0) is 13.0 Å². The zero-order chi connectivity index (χ0) is 14.9. The Hall–Kier alpha value is -1.59. The third-order valence-corrected chi connectivity index (χ3v) is 3.08. The van der Waals surface area contributed by atoms with Crippen molar-refractivity contribution in [3.8, 4) is 5.82 Å². The molecular formula is C13H14Cl2N4O. The van der Waals surface area contributed by atoms with Gasteiger partial charge in [0, 0.05) is 18.2 Å². The second kappa shape index (κ2) is 5.81. The van der Waals surface area contributed by atoms with Gasteiger partial charge in [0.1, 0.15) is 5.82 Å². The number of carbonyl (C=O) groups excluding carboxylic acids is 1. The summed E-state index contributed by atoms with van der Waals surface area (Å²) in [6.07, 6.45) is 1.48. The molecule has 1 amide bonds. The molecule has 2 aromatic rings. The van der Waals surface area contributed by atoms with Gasteiger partial charge in [-0.25, -0.2) is 4.98 Å². The van der Waals surface area contributed by atoms with Crippen molar-refractivity contribution in [3.05, 3.63) is 34.1 Å². The molecule has 0 saturated carbocycles. The fraction of sp³-hybridized carbons (Fsp3) is 0.308. The van der Waals surface area contributed by atoms with E-state index in [1.165, 1.54) is 10.9 Å².